The highest BCUT2D eigenvalue weighted by Gasteiger charge is 2.17. The van der Waals surface area contributed by atoms with Crippen molar-refractivity contribution >= 4 is 22.4 Å². The van der Waals surface area contributed by atoms with Crippen LogP contribution in [-0.4, -0.2) is 26.9 Å². The second kappa shape index (κ2) is 4.13. The van der Waals surface area contributed by atoms with Crippen molar-refractivity contribution in [3.05, 3.63) is 22.2 Å². The Morgan fingerprint density at radius 3 is 2.88 bits per heavy atom. The quantitative estimate of drug-likeness (QED) is 0.604. The van der Waals surface area contributed by atoms with Gasteiger partial charge in [-0.3, -0.25) is 10.1 Å². The molecule has 0 bridgehead atoms. The summed E-state index contributed by atoms with van der Waals surface area (Å²) in [5.74, 6) is 0. The minimum absolute atomic E-state index is 0.0363. The van der Waals surface area contributed by atoms with Gasteiger partial charge in [0.1, 0.15) is 5.52 Å². The topological polar surface area (TPSA) is 96.7 Å². The summed E-state index contributed by atoms with van der Waals surface area (Å²) in [5, 5.41) is 24.0. The van der Waals surface area contributed by atoms with E-state index < -0.39 is 4.92 Å². The van der Waals surface area contributed by atoms with Crippen LogP contribution in [-0.2, 0) is 0 Å². The lowest BCUT2D eigenvalue weighted by atomic mass is 10.2. The van der Waals surface area contributed by atoms with Gasteiger partial charge in [-0.1, -0.05) is 6.92 Å². The van der Waals surface area contributed by atoms with Crippen molar-refractivity contribution in [2.75, 3.05) is 11.9 Å². The summed E-state index contributed by atoms with van der Waals surface area (Å²) in [6.45, 7) is 2.83. The van der Waals surface area contributed by atoms with E-state index in [1.165, 1.54) is 6.07 Å². The summed E-state index contributed by atoms with van der Waals surface area (Å²) < 4.78 is 0. The van der Waals surface area contributed by atoms with Crippen LogP contribution in [0.3, 0.4) is 0 Å². The normalized spacial score (nSPS) is 10.6. The maximum absolute atomic E-state index is 10.7. The highest BCUT2D eigenvalue weighted by atomic mass is 16.6. The molecule has 0 aliphatic carbocycles. The maximum Gasteiger partial charge on any atom is 0.299 e. The average molecular weight is 221 g/mol. The summed E-state index contributed by atoms with van der Waals surface area (Å²) in [6, 6.07) is 3.08. The highest BCUT2D eigenvalue weighted by Crippen LogP contribution is 2.27. The Morgan fingerprint density at radius 1 is 1.44 bits per heavy atom. The van der Waals surface area contributed by atoms with Crippen LogP contribution in [0.5, 0.6) is 0 Å². The van der Waals surface area contributed by atoms with Gasteiger partial charge in [-0.2, -0.15) is 10.3 Å². The molecule has 0 aliphatic heterocycles. The number of aromatic nitrogens is 3. The predicted molar refractivity (Wildman–Crippen MR) is 59.3 cm³/mol. The minimum atomic E-state index is -0.464. The summed E-state index contributed by atoms with van der Waals surface area (Å²) in [7, 11) is 0. The number of anilines is 1. The Balaban J connectivity index is 2.50. The molecule has 1 aromatic heterocycles. The fourth-order valence-electron chi connectivity index (χ4n) is 1.47. The van der Waals surface area contributed by atoms with E-state index in [1.54, 1.807) is 6.07 Å². The van der Waals surface area contributed by atoms with Crippen molar-refractivity contribution < 1.29 is 4.92 Å². The van der Waals surface area contributed by atoms with Gasteiger partial charge in [-0.15, -0.1) is 5.10 Å². The van der Waals surface area contributed by atoms with Crippen molar-refractivity contribution in [2.24, 2.45) is 0 Å². The zero-order chi connectivity index (χ0) is 11.5. The van der Waals surface area contributed by atoms with E-state index in [9.17, 15) is 10.1 Å². The van der Waals surface area contributed by atoms with Crippen molar-refractivity contribution in [1.29, 1.82) is 0 Å². The van der Waals surface area contributed by atoms with Gasteiger partial charge in [0.05, 0.1) is 10.6 Å². The molecule has 0 radical (unpaired) electrons. The summed E-state index contributed by atoms with van der Waals surface area (Å²) in [5.41, 5.74) is 1.51. The van der Waals surface area contributed by atoms with E-state index in [-0.39, 0.29) is 11.2 Å². The third-order valence-corrected chi connectivity index (χ3v) is 2.22. The largest absolute Gasteiger partial charge is 0.383 e. The molecule has 0 aliphatic rings. The molecule has 2 N–H and O–H groups in total. The number of nitrogens with zero attached hydrogens (tertiary/aromatic N) is 3. The van der Waals surface area contributed by atoms with Gasteiger partial charge >= 0.3 is 0 Å². The fourth-order valence-corrected chi connectivity index (χ4v) is 1.47. The first-order chi connectivity index (χ1) is 7.74. The minimum Gasteiger partial charge on any atom is -0.383 e. The molecule has 7 heteroatoms. The molecule has 16 heavy (non-hydrogen) atoms. The van der Waals surface area contributed by atoms with Crippen molar-refractivity contribution in [3.63, 3.8) is 0 Å². The zero-order valence-electron chi connectivity index (χ0n) is 8.73. The monoisotopic (exact) mass is 221 g/mol. The number of fused-ring (bicyclic) bond motifs is 1. The van der Waals surface area contributed by atoms with Gasteiger partial charge in [0, 0.05) is 12.6 Å². The second-order valence-electron chi connectivity index (χ2n) is 3.34. The number of benzene rings is 1. The fraction of sp³-hybridized carbons (Fsp3) is 0.333. The van der Waals surface area contributed by atoms with Crippen LogP contribution < -0.4 is 5.32 Å². The SMILES string of the molecule is CCCNc1ccc([N+](=O)[O-])c2n[nH]nc12. The van der Waals surface area contributed by atoms with E-state index >= 15 is 0 Å². The number of rotatable bonds is 4. The van der Waals surface area contributed by atoms with E-state index in [4.69, 9.17) is 0 Å². The predicted octanol–water partition coefficient (Wildman–Crippen LogP) is 1.69. The zero-order valence-corrected chi connectivity index (χ0v) is 8.73. The number of hydrogen-bond acceptors (Lipinski definition) is 5. The van der Waals surface area contributed by atoms with Gasteiger partial charge in [0.15, 0.2) is 5.52 Å². The Kier molecular flexibility index (Phi) is 2.67. The Bertz CT molecular complexity index is 522. The second-order valence-corrected chi connectivity index (χ2v) is 3.34. The molecule has 0 fully saturated rings. The van der Waals surface area contributed by atoms with E-state index in [0.717, 1.165) is 18.7 Å². The van der Waals surface area contributed by atoms with E-state index in [2.05, 4.69) is 20.7 Å². The molecule has 0 saturated heterocycles. The summed E-state index contributed by atoms with van der Waals surface area (Å²) in [4.78, 5) is 10.3. The van der Waals surface area contributed by atoms with Crippen molar-refractivity contribution in [2.45, 2.75) is 13.3 Å². The molecule has 2 aromatic rings. The highest BCUT2D eigenvalue weighted by molar-refractivity contribution is 5.93. The third kappa shape index (κ3) is 1.67. The number of non-ortho nitro benzene ring substituents is 1. The molecule has 0 unspecified atom stereocenters. The number of hydrogen-bond donors (Lipinski definition) is 2. The first-order valence-corrected chi connectivity index (χ1v) is 4.95. The van der Waals surface area contributed by atoms with Gasteiger partial charge in [-0.25, -0.2) is 0 Å². The molecule has 2 rings (SSSR count). The standard InChI is InChI=1S/C9H11N5O2/c1-2-5-10-6-3-4-7(14(15)16)9-8(6)11-13-12-9/h3-4,10H,2,5H2,1H3,(H,11,12,13). The van der Waals surface area contributed by atoms with Crippen LogP contribution in [0.1, 0.15) is 13.3 Å². The van der Waals surface area contributed by atoms with Crippen LogP contribution in [0, 0.1) is 10.1 Å². The van der Waals surface area contributed by atoms with Crippen LogP contribution in [0.2, 0.25) is 0 Å². The lowest BCUT2D eigenvalue weighted by Gasteiger charge is -2.04. The van der Waals surface area contributed by atoms with E-state index in [1.807, 2.05) is 6.92 Å². The molecule has 0 atom stereocenters. The number of nitrogens with one attached hydrogen (secondary N) is 2. The van der Waals surface area contributed by atoms with Gasteiger partial charge in [0.25, 0.3) is 5.69 Å². The molecule has 1 heterocycles. The van der Waals surface area contributed by atoms with Crippen LogP contribution in [0.25, 0.3) is 11.0 Å². The average Bonchev–Trinajstić information content (AvgIpc) is 2.74. The van der Waals surface area contributed by atoms with E-state index in [0.29, 0.717) is 5.52 Å². The molecule has 1 aromatic carbocycles. The number of H-pyrrole nitrogens is 1. The Hall–Kier alpha value is -2.18. The first-order valence-electron chi connectivity index (χ1n) is 4.95. The molecular weight excluding hydrogens is 210 g/mol. The molecule has 0 saturated carbocycles. The lowest BCUT2D eigenvalue weighted by Crippen LogP contribution is -2.01. The molecule has 7 nitrogen and oxygen atoms in total. The Morgan fingerprint density at radius 2 is 2.19 bits per heavy atom. The number of nitro benzene ring substituents is 1. The molecule has 84 valence electrons. The summed E-state index contributed by atoms with van der Waals surface area (Å²) in [6.07, 6.45) is 0.969. The lowest BCUT2D eigenvalue weighted by molar-refractivity contribution is -0.383. The molecular formula is C9H11N5O2. The van der Waals surface area contributed by atoms with Crippen LogP contribution in [0.15, 0.2) is 12.1 Å². The maximum atomic E-state index is 10.7. The van der Waals surface area contributed by atoms with Gasteiger partial charge < -0.3 is 5.32 Å². The number of aromatic amines is 1. The van der Waals surface area contributed by atoms with Crippen molar-refractivity contribution in [1.82, 2.24) is 15.4 Å². The molecule has 0 amide bonds. The third-order valence-electron chi connectivity index (χ3n) is 2.22. The van der Waals surface area contributed by atoms with Gasteiger partial charge in [-0.05, 0) is 12.5 Å². The first kappa shape index (κ1) is 10.3. The van der Waals surface area contributed by atoms with Crippen LogP contribution >= 0.6 is 0 Å². The smallest absolute Gasteiger partial charge is 0.299 e. The van der Waals surface area contributed by atoms with Crippen LogP contribution in [0.4, 0.5) is 11.4 Å². The molecule has 0 spiro atoms. The number of nitro groups is 1. The van der Waals surface area contributed by atoms with Gasteiger partial charge in [0.2, 0.25) is 0 Å². The Labute approximate surface area is 91.0 Å². The van der Waals surface area contributed by atoms with Crippen molar-refractivity contribution in [3.8, 4) is 0 Å². The summed E-state index contributed by atoms with van der Waals surface area (Å²) >= 11 is 0.